The first kappa shape index (κ1) is 23.0. The van der Waals surface area contributed by atoms with Crippen LogP contribution in [-0.2, 0) is 19.6 Å². The number of fused-ring (bicyclic) bond motifs is 3. The number of pyridine rings is 1. The predicted octanol–water partition coefficient (Wildman–Crippen LogP) is 5.84. The average molecular weight is 467 g/mol. The smallest absolute Gasteiger partial charge is 0.149 e. The highest BCUT2D eigenvalue weighted by Crippen LogP contribution is 2.45. The van der Waals surface area contributed by atoms with Gasteiger partial charge in [-0.05, 0) is 47.7 Å². The molecule has 1 unspecified atom stereocenters. The molecule has 35 heavy (non-hydrogen) atoms. The summed E-state index contributed by atoms with van der Waals surface area (Å²) in [5, 5.41) is 8.33. The van der Waals surface area contributed by atoms with Gasteiger partial charge in [0.1, 0.15) is 11.5 Å². The van der Waals surface area contributed by atoms with E-state index < -0.39 is 0 Å². The molecule has 1 aromatic heterocycles. The van der Waals surface area contributed by atoms with Gasteiger partial charge in [0.05, 0.1) is 17.4 Å². The molecule has 0 saturated carbocycles. The van der Waals surface area contributed by atoms with Gasteiger partial charge in [0.25, 0.3) is 0 Å². The number of nitrogen functional groups attached to an aromatic ring is 1. The summed E-state index contributed by atoms with van der Waals surface area (Å²) in [6.07, 6.45) is 3.57. The zero-order valence-corrected chi connectivity index (χ0v) is 20.3. The molecule has 4 aromatic rings. The zero-order chi connectivity index (χ0) is 24.2. The van der Waals surface area contributed by atoms with Crippen LogP contribution in [0.2, 0.25) is 0 Å². The quantitative estimate of drug-likeness (QED) is 0.248. The van der Waals surface area contributed by atoms with Gasteiger partial charge in [0.2, 0.25) is 0 Å². The van der Waals surface area contributed by atoms with Gasteiger partial charge in [-0.2, -0.15) is 0 Å². The molecule has 0 amide bonds. The maximum atomic E-state index is 6.50. The van der Waals surface area contributed by atoms with Gasteiger partial charge < -0.3 is 27.0 Å². The summed E-state index contributed by atoms with van der Waals surface area (Å²) in [6.45, 7) is 4.35. The van der Waals surface area contributed by atoms with Crippen molar-refractivity contribution < 1.29 is 0 Å². The van der Waals surface area contributed by atoms with Gasteiger partial charge in [-0.3, -0.25) is 0 Å². The van der Waals surface area contributed by atoms with Crippen molar-refractivity contribution in [2.75, 3.05) is 21.3 Å². The van der Waals surface area contributed by atoms with Gasteiger partial charge in [0, 0.05) is 30.7 Å². The van der Waals surface area contributed by atoms with E-state index in [4.69, 9.17) is 16.5 Å². The molecule has 1 aliphatic rings. The molecule has 0 fully saturated rings. The number of unbranched alkanes of at least 4 members (excludes halogenated alkanes) is 1. The third-order valence-corrected chi connectivity index (χ3v) is 6.74. The summed E-state index contributed by atoms with van der Waals surface area (Å²) in [5.41, 5.74) is 19.9. The summed E-state index contributed by atoms with van der Waals surface area (Å²) in [7, 11) is 0. The molecule has 2 heterocycles. The summed E-state index contributed by atoms with van der Waals surface area (Å²) in [6, 6.07) is 25.4. The molecule has 0 aliphatic carbocycles. The lowest BCUT2D eigenvalue weighted by Crippen LogP contribution is -2.35. The lowest BCUT2D eigenvalue weighted by molar-refractivity contribution is 0.585. The van der Waals surface area contributed by atoms with Crippen LogP contribution in [0.3, 0.4) is 0 Å². The van der Waals surface area contributed by atoms with Crippen LogP contribution in [0.4, 0.5) is 22.9 Å². The number of aromatic nitrogens is 1. The molecular weight excluding hydrogens is 432 g/mol. The standard InChI is InChI=1S/C29H34N6/c1-2-3-9-26-34-27-28(35(26)19-22-7-5-4-6-8-22)24-15-14-23(16-25(24)33-29(27)31)32-18-21-12-10-20(17-30)11-13-21/h4-8,10-16,26,32,34H,2-3,9,17-19,30H2,1H3,(H2,31,33). The fourth-order valence-corrected chi connectivity index (χ4v) is 4.81. The maximum Gasteiger partial charge on any atom is 0.149 e. The highest BCUT2D eigenvalue weighted by Gasteiger charge is 2.32. The van der Waals surface area contributed by atoms with Crippen LogP contribution in [-0.4, -0.2) is 11.1 Å². The van der Waals surface area contributed by atoms with Crippen molar-refractivity contribution in [3.63, 3.8) is 0 Å². The molecule has 3 aromatic carbocycles. The third-order valence-electron chi connectivity index (χ3n) is 6.74. The molecule has 1 atom stereocenters. The second-order valence-corrected chi connectivity index (χ2v) is 9.24. The molecule has 6 N–H and O–H groups in total. The van der Waals surface area contributed by atoms with Crippen LogP contribution in [0.15, 0.2) is 72.8 Å². The number of hydrogen-bond acceptors (Lipinski definition) is 6. The Morgan fingerprint density at radius 1 is 0.971 bits per heavy atom. The molecule has 0 spiro atoms. The topological polar surface area (TPSA) is 92.2 Å². The highest BCUT2D eigenvalue weighted by molar-refractivity contribution is 6.05. The number of hydrogen-bond donors (Lipinski definition) is 4. The number of nitrogens with one attached hydrogen (secondary N) is 2. The SMILES string of the molecule is CCCCC1Nc2c(N)nc3cc(NCc4ccc(CN)cc4)ccc3c2N1Cc1ccccc1. The van der Waals surface area contributed by atoms with Crippen molar-refractivity contribution in [3.05, 3.63) is 89.5 Å². The lowest BCUT2D eigenvalue weighted by atomic mass is 10.1. The molecule has 180 valence electrons. The van der Waals surface area contributed by atoms with Crippen LogP contribution < -0.4 is 27.0 Å². The van der Waals surface area contributed by atoms with E-state index in [1.807, 2.05) is 0 Å². The van der Waals surface area contributed by atoms with Crippen molar-refractivity contribution in [3.8, 4) is 0 Å². The number of rotatable bonds is 9. The second-order valence-electron chi connectivity index (χ2n) is 9.24. The van der Waals surface area contributed by atoms with Gasteiger partial charge in [-0.1, -0.05) is 67.9 Å². The monoisotopic (exact) mass is 466 g/mol. The fourth-order valence-electron chi connectivity index (χ4n) is 4.81. The van der Waals surface area contributed by atoms with Gasteiger partial charge in [-0.15, -0.1) is 0 Å². The van der Waals surface area contributed by atoms with Gasteiger partial charge in [-0.25, -0.2) is 4.98 Å². The van der Waals surface area contributed by atoms with Crippen molar-refractivity contribution >= 4 is 33.8 Å². The van der Waals surface area contributed by atoms with Crippen molar-refractivity contribution in [1.82, 2.24) is 4.98 Å². The van der Waals surface area contributed by atoms with Crippen LogP contribution in [0.5, 0.6) is 0 Å². The Hall–Kier alpha value is -3.77. The first-order valence-corrected chi connectivity index (χ1v) is 12.5. The van der Waals surface area contributed by atoms with Gasteiger partial charge in [0.15, 0.2) is 0 Å². The first-order valence-electron chi connectivity index (χ1n) is 12.5. The molecule has 0 radical (unpaired) electrons. The lowest BCUT2D eigenvalue weighted by Gasteiger charge is -2.27. The van der Waals surface area contributed by atoms with Crippen LogP contribution in [0.25, 0.3) is 10.9 Å². The number of benzene rings is 3. The van der Waals surface area contributed by atoms with E-state index in [1.54, 1.807) is 0 Å². The Morgan fingerprint density at radius 3 is 2.49 bits per heavy atom. The molecule has 6 heteroatoms. The van der Waals surface area contributed by atoms with Gasteiger partial charge >= 0.3 is 0 Å². The number of nitrogens with zero attached hydrogens (tertiary/aromatic N) is 2. The molecule has 1 aliphatic heterocycles. The Morgan fingerprint density at radius 2 is 1.74 bits per heavy atom. The minimum absolute atomic E-state index is 0.203. The summed E-state index contributed by atoms with van der Waals surface area (Å²) < 4.78 is 0. The largest absolute Gasteiger partial charge is 0.382 e. The molecule has 0 bridgehead atoms. The van der Waals surface area contributed by atoms with Crippen LogP contribution in [0.1, 0.15) is 42.9 Å². The van der Waals surface area contributed by atoms with Crippen molar-refractivity contribution in [2.45, 2.75) is 52.0 Å². The molecular formula is C29H34N6. The predicted molar refractivity (Wildman–Crippen MR) is 147 cm³/mol. The Bertz CT molecular complexity index is 1290. The van der Waals surface area contributed by atoms with E-state index in [2.05, 4.69) is 95.3 Å². The Labute approximate surface area is 207 Å². The van der Waals surface area contributed by atoms with E-state index in [1.165, 1.54) is 11.1 Å². The summed E-state index contributed by atoms with van der Waals surface area (Å²) in [5.74, 6) is 0.555. The van der Waals surface area contributed by atoms with Crippen molar-refractivity contribution in [2.24, 2.45) is 5.73 Å². The summed E-state index contributed by atoms with van der Waals surface area (Å²) >= 11 is 0. The van der Waals surface area contributed by atoms with E-state index in [0.717, 1.165) is 65.9 Å². The molecule has 6 nitrogen and oxygen atoms in total. The van der Waals surface area contributed by atoms with Crippen LogP contribution in [0, 0.1) is 0 Å². The third kappa shape index (κ3) is 4.88. The van der Waals surface area contributed by atoms with E-state index in [0.29, 0.717) is 12.4 Å². The van der Waals surface area contributed by atoms with E-state index in [9.17, 15) is 0 Å². The van der Waals surface area contributed by atoms with E-state index >= 15 is 0 Å². The Kier molecular flexibility index (Phi) is 6.73. The fraction of sp³-hybridized carbons (Fsp3) is 0.276. The van der Waals surface area contributed by atoms with E-state index in [-0.39, 0.29) is 6.17 Å². The maximum absolute atomic E-state index is 6.50. The minimum atomic E-state index is 0.203. The normalized spacial score (nSPS) is 14.7. The first-order chi connectivity index (χ1) is 17.2. The highest BCUT2D eigenvalue weighted by atomic mass is 15.3. The zero-order valence-electron chi connectivity index (χ0n) is 20.3. The summed E-state index contributed by atoms with van der Waals surface area (Å²) in [4.78, 5) is 7.24. The van der Waals surface area contributed by atoms with Crippen LogP contribution >= 0.6 is 0 Å². The second kappa shape index (κ2) is 10.2. The molecule has 5 rings (SSSR count). The molecule has 0 saturated heterocycles. The average Bonchev–Trinajstić information content (AvgIpc) is 3.25. The number of nitrogens with two attached hydrogens (primary N) is 2. The minimum Gasteiger partial charge on any atom is -0.382 e. The van der Waals surface area contributed by atoms with Crippen molar-refractivity contribution in [1.29, 1.82) is 0 Å². The Balaban J connectivity index is 1.45. The number of anilines is 4.